The van der Waals surface area contributed by atoms with Crippen molar-refractivity contribution < 1.29 is 9.59 Å². The minimum Gasteiger partial charge on any atom is -0.337 e. The van der Waals surface area contributed by atoms with Crippen LogP contribution in [0.3, 0.4) is 0 Å². The van der Waals surface area contributed by atoms with Crippen LogP contribution in [-0.2, 0) is 17.8 Å². The summed E-state index contributed by atoms with van der Waals surface area (Å²) in [4.78, 5) is 30.9. The molecule has 1 aromatic heterocycles. The largest absolute Gasteiger partial charge is 0.337 e. The van der Waals surface area contributed by atoms with Gasteiger partial charge in [0.25, 0.3) is 5.91 Å². The second-order valence-electron chi connectivity index (χ2n) is 9.74. The molecule has 6 heteroatoms. The molecular weight excluding hydrogens is 470 g/mol. The number of para-hydroxylation sites is 2. The van der Waals surface area contributed by atoms with Gasteiger partial charge in [-0.15, -0.1) is 0 Å². The van der Waals surface area contributed by atoms with Gasteiger partial charge in [-0.1, -0.05) is 60.1 Å². The summed E-state index contributed by atoms with van der Waals surface area (Å²) in [7, 11) is 0. The molecule has 0 bridgehead atoms. The number of aromatic nitrogens is 1. The third-order valence-corrected chi connectivity index (χ3v) is 7.82. The van der Waals surface area contributed by atoms with Gasteiger partial charge in [-0.25, -0.2) is 0 Å². The molecule has 5 nitrogen and oxygen atoms in total. The highest BCUT2D eigenvalue weighted by molar-refractivity contribution is 6.30. The van der Waals surface area contributed by atoms with E-state index in [0.717, 1.165) is 35.1 Å². The van der Waals surface area contributed by atoms with Crippen LogP contribution in [0.25, 0.3) is 10.9 Å². The molecule has 0 N–H and O–H groups in total. The fourth-order valence-electron chi connectivity index (χ4n) is 5.61. The third kappa shape index (κ3) is 4.18. The number of carbonyl (C=O) groups excluding carboxylic acids is 2. The number of carbonyl (C=O) groups is 2. The van der Waals surface area contributed by atoms with Crippen molar-refractivity contribution in [3.8, 4) is 0 Å². The Hall–Kier alpha value is -3.57. The van der Waals surface area contributed by atoms with Gasteiger partial charge in [-0.3, -0.25) is 9.59 Å². The van der Waals surface area contributed by atoms with E-state index in [-0.39, 0.29) is 17.7 Å². The number of nitrogens with zero attached hydrogens (tertiary/aromatic N) is 3. The van der Waals surface area contributed by atoms with Crippen molar-refractivity contribution in [1.82, 2.24) is 9.47 Å². The van der Waals surface area contributed by atoms with Gasteiger partial charge in [0.1, 0.15) is 5.69 Å². The lowest BCUT2D eigenvalue weighted by molar-refractivity contribution is -0.123. The highest BCUT2D eigenvalue weighted by atomic mass is 35.5. The van der Waals surface area contributed by atoms with Crippen LogP contribution in [0.15, 0.2) is 78.9 Å². The minimum absolute atomic E-state index is 0.0255. The van der Waals surface area contributed by atoms with Crippen LogP contribution in [0.4, 0.5) is 5.69 Å². The zero-order valence-electron chi connectivity index (χ0n) is 20.1. The monoisotopic (exact) mass is 497 g/mol. The summed E-state index contributed by atoms with van der Waals surface area (Å²) in [5.74, 6) is 0.182. The van der Waals surface area contributed by atoms with Gasteiger partial charge in [0, 0.05) is 53.7 Å². The van der Waals surface area contributed by atoms with Crippen molar-refractivity contribution in [2.24, 2.45) is 5.92 Å². The summed E-state index contributed by atoms with van der Waals surface area (Å²) < 4.78 is 2.10. The molecule has 3 heterocycles. The molecule has 0 unspecified atom stereocenters. The molecule has 1 saturated heterocycles. The smallest absolute Gasteiger partial charge is 0.270 e. The van der Waals surface area contributed by atoms with Crippen LogP contribution in [-0.4, -0.2) is 40.9 Å². The van der Waals surface area contributed by atoms with Gasteiger partial charge in [0.2, 0.25) is 5.91 Å². The van der Waals surface area contributed by atoms with Crippen molar-refractivity contribution in [3.05, 3.63) is 101 Å². The topological polar surface area (TPSA) is 45.6 Å². The lowest BCUT2D eigenvalue weighted by Gasteiger charge is -2.33. The van der Waals surface area contributed by atoms with E-state index in [1.54, 1.807) is 0 Å². The first-order valence-electron chi connectivity index (χ1n) is 12.6. The molecule has 2 aliphatic heterocycles. The first kappa shape index (κ1) is 22.9. The maximum Gasteiger partial charge on any atom is 0.270 e. The fraction of sp³-hybridized carbons (Fsp3) is 0.267. The number of hydrogen-bond acceptors (Lipinski definition) is 2. The number of piperidine rings is 1. The van der Waals surface area contributed by atoms with E-state index in [2.05, 4.69) is 16.7 Å². The van der Waals surface area contributed by atoms with Crippen molar-refractivity contribution in [3.63, 3.8) is 0 Å². The van der Waals surface area contributed by atoms with Crippen LogP contribution in [0, 0.1) is 5.92 Å². The van der Waals surface area contributed by atoms with Crippen LogP contribution in [0.1, 0.15) is 34.5 Å². The number of benzene rings is 3. The van der Waals surface area contributed by atoms with Crippen molar-refractivity contribution in [2.45, 2.75) is 25.8 Å². The van der Waals surface area contributed by atoms with Crippen molar-refractivity contribution >= 4 is 40.0 Å². The molecule has 2 amide bonds. The number of hydrogen-bond donors (Lipinski definition) is 0. The molecule has 36 heavy (non-hydrogen) atoms. The average Bonchev–Trinajstić information content (AvgIpc) is 3.51. The van der Waals surface area contributed by atoms with Gasteiger partial charge in [0.15, 0.2) is 0 Å². The highest BCUT2D eigenvalue weighted by Gasteiger charge is 2.34. The van der Waals surface area contributed by atoms with E-state index in [4.69, 9.17) is 11.6 Å². The molecule has 0 radical (unpaired) electrons. The lowest BCUT2D eigenvalue weighted by Crippen LogP contribution is -2.44. The minimum atomic E-state index is -0.0415. The first-order valence-corrected chi connectivity index (χ1v) is 13.0. The molecule has 1 fully saturated rings. The van der Waals surface area contributed by atoms with Gasteiger partial charge < -0.3 is 14.4 Å². The molecular formula is C30H28ClN3O2. The molecule has 182 valence electrons. The number of amides is 2. The van der Waals surface area contributed by atoms with E-state index in [0.29, 0.717) is 43.2 Å². The summed E-state index contributed by atoms with van der Waals surface area (Å²) in [5, 5.41) is 1.75. The summed E-state index contributed by atoms with van der Waals surface area (Å²) >= 11 is 6.08. The van der Waals surface area contributed by atoms with E-state index >= 15 is 0 Å². The molecule has 0 spiro atoms. The Morgan fingerprint density at radius 3 is 2.39 bits per heavy atom. The van der Waals surface area contributed by atoms with E-state index < -0.39 is 0 Å². The van der Waals surface area contributed by atoms with Gasteiger partial charge in [-0.05, 0) is 60.7 Å². The quantitative estimate of drug-likeness (QED) is 0.358. The molecule has 3 aromatic carbocycles. The fourth-order valence-corrected chi connectivity index (χ4v) is 5.74. The SMILES string of the molecule is O=C(c1cc2ccccc2n1Cc1ccc(Cl)cc1)N1CCC(C(=O)N2CCc3ccccc32)CC1. The zero-order chi connectivity index (χ0) is 24.6. The van der Waals surface area contributed by atoms with Gasteiger partial charge in [0.05, 0.1) is 0 Å². The summed E-state index contributed by atoms with van der Waals surface area (Å²) in [6, 6.07) is 26.0. The Labute approximate surface area is 215 Å². The summed E-state index contributed by atoms with van der Waals surface area (Å²) in [6.45, 7) is 2.53. The number of rotatable bonds is 4. The number of halogens is 1. The number of likely N-dealkylation sites (tertiary alicyclic amines) is 1. The Bertz CT molecular complexity index is 1430. The number of anilines is 1. The zero-order valence-corrected chi connectivity index (χ0v) is 20.8. The molecule has 0 saturated carbocycles. The summed E-state index contributed by atoms with van der Waals surface area (Å²) in [5.41, 5.74) is 5.10. The molecule has 6 rings (SSSR count). The first-order chi connectivity index (χ1) is 17.6. The summed E-state index contributed by atoms with van der Waals surface area (Å²) in [6.07, 6.45) is 2.30. The van der Waals surface area contributed by atoms with Crippen LogP contribution >= 0.6 is 11.6 Å². The standard InChI is InChI=1S/C30H28ClN3O2/c31-25-11-9-21(10-12-25)20-34-27-8-4-2-6-24(27)19-28(34)30(36)32-16-13-23(14-17-32)29(35)33-18-15-22-5-1-3-7-26(22)33/h1-12,19,23H,13-18,20H2. The molecule has 0 atom stereocenters. The van der Waals surface area contributed by atoms with Crippen LogP contribution < -0.4 is 4.90 Å². The number of fused-ring (bicyclic) bond motifs is 2. The van der Waals surface area contributed by atoms with Crippen LogP contribution in [0.2, 0.25) is 5.02 Å². The second kappa shape index (κ2) is 9.47. The lowest BCUT2D eigenvalue weighted by atomic mass is 9.95. The Morgan fingerprint density at radius 1 is 0.861 bits per heavy atom. The molecule has 2 aliphatic rings. The second-order valence-corrected chi connectivity index (χ2v) is 10.2. The molecule has 4 aromatic rings. The Balaban J connectivity index is 1.19. The third-order valence-electron chi connectivity index (χ3n) is 7.57. The van der Waals surface area contributed by atoms with Crippen molar-refractivity contribution in [1.29, 1.82) is 0 Å². The van der Waals surface area contributed by atoms with E-state index in [9.17, 15) is 9.59 Å². The Morgan fingerprint density at radius 2 is 1.58 bits per heavy atom. The molecule has 0 aliphatic carbocycles. The van der Waals surface area contributed by atoms with Crippen LogP contribution in [0.5, 0.6) is 0 Å². The maximum atomic E-state index is 13.7. The normalized spacial score (nSPS) is 15.9. The van der Waals surface area contributed by atoms with Gasteiger partial charge in [-0.2, -0.15) is 0 Å². The van der Waals surface area contributed by atoms with E-state index in [1.807, 2.05) is 76.5 Å². The predicted octanol–water partition coefficient (Wildman–Crippen LogP) is 5.78. The maximum absolute atomic E-state index is 13.7. The highest BCUT2D eigenvalue weighted by Crippen LogP contribution is 2.31. The van der Waals surface area contributed by atoms with Gasteiger partial charge >= 0.3 is 0 Å². The average molecular weight is 498 g/mol. The van der Waals surface area contributed by atoms with Crippen molar-refractivity contribution in [2.75, 3.05) is 24.5 Å². The van der Waals surface area contributed by atoms with E-state index in [1.165, 1.54) is 5.56 Å². The predicted molar refractivity (Wildman–Crippen MR) is 144 cm³/mol. The Kier molecular flexibility index (Phi) is 6.02.